The molecule has 1 aromatic rings. The van der Waals surface area contributed by atoms with Gasteiger partial charge in [0.1, 0.15) is 5.60 Å². The molecule has 7 heteroatoms. The van der Waals surface area contributed by atoms with Gasteiger partial charge >= 0.3 is 6.09 Å². The summed E-state index contributed by atoms with van der Waals surface area (Å²) in [5, 5.41) is 2.64. The number of amides is 1. The molecule has 0 heterocycles. The predicted molar refractivity (Wildman–Crippen MR) is 94.5 cm³/mol. The van der Waals surface area contributed by atoms with Crippen LogP contribution in [0.3, 0.4) is 0 Å². The highest BCUT2D eigenvalue weighted by molar-refractivity contribution is 7.86. The maximum absolute atomic E-state index is 12.2. The van der Waals surface area contributed by atoms with Crippen LogP contribution in [0.2, 0.25) is 0 Å². The molecule has 1 amide bonds. The molecule has 0 radical (unpaired) electrons. The SMILES string of the molecule is Cc1ccc(S(=O)(=O)OCC2=CC=C(NC(=O)OC(C)(C)C)C2)cc1. The van der Waals surface area contributed by atoms with Crippen molar-refractivity contribution in [3.8, 4) is 0 Å². The number of rotatable bonds is 5. The van der Waals surface area contributed by atoms with Gasteiger partial charge in [0, 0.05) is 12.1 Å². The summed E-state index contributed by atoms with van der Waals surface area (Å²) in [4.78, 5) is 11.8. The second-order valence-electron chi connectivity index (χ2n) is 6.85. The number of carbonyl (C=O) groups excluding carboxylic acids is 1. The third-order valence-corrected chi connectivity index (χ3v) is 4.59. The van der Waals surface area contributed by atoms with Crippen molar-refractivity contribution in [2.24, 2.45) is 0 Å². The molecule has 0 aliphatic heterocycles. The van der Waals surface area contributed by atoms with Crippen molar-refractivity contribution >= 4 is 16.2 Å². The van der Waals surface area contributed by atoms with Crippen LogP contribution in [-0.2, 0) is 19.0 Å². The number of aryl methyl sites for hydroxylation is 1. The summed E-state index contributed by atoms with van der Waals surface area (Å²) in [7, 11) is -3.81. The summed E-state index contributed by atoms with van der Waals surface area (Å²) in [6.45, 7) is 7.16. The number of allylic oxidation sites excluding steroid dienone is 3. The molecule has 0 unspecified atom stereocenters. The highest BCUT2D eigenvalue weighted by atomic mass is 32.2. The molecule has 6 nitrogen and oxygen atoms in total. The third-order valence-electron chi connectivity index (χ3n) is 3.31. The molecule has 1 aliphatic rings. The zero-order valence-electron chi connectivity index (χ0n) is 14.8. The van der Waals surface area contributed by atoms with Gasteiger partial charge < -0.3 is 4.74 Å². The van der Waals surface area contributed by atoms with E-state index in [1.807, 2.05) is 6.92 Å². The highest BCUT2D eigenvalue weighted by Gasteiger charge is 2.20. The van der Waals surface area contributed by atoms with Gasteiger partial charge in [-0.3, -0.25) is 9.50 Å². The number of alkyl carbamates (subject to hydrolysis) is 1. The van der Waals surface area contributed by atoms with Crippen LogP contribution in [0.4, 0.5) is 4.79 Å². The summed E-state index contributed by atoms with van der Waals surface area (Å²) in [5.74, 6) is 0. The predicted octanol–water partition coefficient (Wildman–Crippen LogP) is 3.44. The minimum atomic E-state index is -3.81. The van der Waals surface area contributed by atoms with E-state index >= 15 is 0 Å². The number of benzene rings is 1. The molecule has 0 atom stereocenters. The average Bonchev–Trinajstić information content (AvgIpc) is 2.91. The van der Waals surface area contributed by atoms with E-state index in [1.165, 1.54) is 12.1 Å². The van der Waals surface area contributed by atoms with Crippen LogP contribution in [0.15, 0.2) is 52.6 Å². The Morgan fingerprint density at radius 2 is 1.80 bits per heavy atom. The fraction of sp³-hybridized carbons (Fsp3) is 0.389. The van der Waals surface area contributed by atoms with Crippen molar-refractivity contribution in [3.63, 3.8) is 0 Å². The summed E-state index contributed by atoms with van der Waals surface area (Å²) >= 11 is 0. The van der Waals surface area contributed by atoms with Gasteiger partial charge in [0.05, 0.1) is 11.5 Å². The number of ether oxygens (including phenoxy) is 1. The minimum Gasteiger partial charge on any atom is -0.444 e. The number of hydrogen-bond acceptors (Lipinski definition) is 5. The normalized spacial score (nSPS) is 14.7. The first-order valence-corrected chi connectivity index (χ1v) is 9.31. The van der Waals surface area contributed by atoms with Gasteiger partial charge in [0.2, 0.25) is 0 Å². The molecule has 2 rings (SSSR count). The number of hydrogen-bond donors (Lipinski definition) is 1. The minimum absolute atomic E-state index is 0.0633. The first-order valence-electron chi connectivity index (χ1n) is 7.90. The fourth-order valence-electron chi connectivity index (χ4n) is 2.13. The van der Waals surface area contributed by atoms with Crippen LogP contribution in [0.1, 0.15) is 32.8 Å². The maximum Gasteiger partial charge on any atom is 0.411 e. The molecule has 1 aliphatic carbocycles. The van der Waals surface area contributed by atoms with Gasteiger partial charge in [-0.15, -0.1) is 0 Å². The Morgan fingerprint density at radius 1 is 1.16 bits per heavy atom. The standard InChI is InChI=1S/C18H23NO5S/c1-13-5-9-16(10-6-13)25(21,22)23-12-14-7-8-15(11-14)19-17(20)24-18(2,3)4/h5-10H,11-12H2,1-4H3,(H,19,20). The molecule has 0 saturated carbocycles. The molecular formula is C18H23NO5S. The van der Waals surface area contributed by atoms with Crippen molar-refractivity contribution in [2.45, 2.75) is 44.6 Å². The summed E-state index contributed by atoms with van der Waals surface area (Å²) in [6.07, 6.45) is 3.31. The monoisotopic (exact) mass is 365 g/mol. The van der Waals surface area contributed by atoms with Crippen LogP contribution >= 0.6 is 0 Å². The molecule has 0 bridgehead atoms. The lowest BCUT2D eigenvalue weighted by atomic mass is 10.2. The summed E-state index contributed by atoms with van der Waals surface area (Å²) in [5.41, 5.74) is 1.78. The molecule has 0 saturated heterocycles. The molecule has 0 aromatic heterocycles. The highest BCUT2D eigenvalue weighted by Crippen LogP contribution is 2.20. The van der Waals surface area contributed by atoms with E-state index in [1.54, 1.807) is 45.1 Å². The largest absolute Gasteiger partial charge is 0.444 e. The lowest BCUT2D eigenvalue weighted by molar-refractivity contribution is 0.0545. The molecule has 136 valence electrons. The van der Waals surface area contributed by atoms with Gasteiger partial charge in [-0.25, -0.2) is 4.79 Å². The molecule has 25 heavy (non-hydrogen) atoms. The van der Waals surface area contributed by atoms with E-state index in [-0.39, 0.29) is 11.5 Å². The zero-order valence-corrected chi connectivity index (χ0v) is 15.6. The second kappa shape index (κ2) is 7.41. The Labute approximate surface area is 148 Å². The van der Waals surface area contributed by atoms with E-state index in [4.69, 9.17) is 8.92 Å². The zero-order chi connectivity index (χ0) is 18.7. The van der Waals surface area contributed by atoms with Crippen LogP contribution in [0, 0.1) is 6.92 Å². The van der Waals surface area contributed by atoms with E-state index in [0.29, 0.717) is 12.1 Å². The van der Waals surface area contributed by atoms with Crippen LogP contribution in [0.25, 0.3) is 0 Å². The Morgan fingerprint density at radius 3 is 2.40 bits per heavy atom. The second-order valence-corrected chi connectivity index (χ2v) is 8.47. The van der Waals surface area contributed by atoms with Crippen LogP contribution in [0.5, 0.6) is 0 Å². The molecule has 0 fully saturated rings. The smallest absolute Gasteiger partial charge is 0.411 e. The Kier molecular flexibility index (Phi) is 5.69. The van der Waals surface area contributed by atoms with Crippen molar-refractivity contribution in [1.29, 1.82) is 0 Å². The van der Waals surface area contributed by atoms with Gasteiger partial charge in [-0.2, -0.15) is 8.42 Å². The van der Waals surface area contributed by atoms with Crippen molar-refractivity contribution in [2.75, 3.05) is 6.61 Å². The Hall–Kier alpha value is -2.12. The molecule has 1 aromatic carbocycles. The molecule has 0 spiro atoms. The van der Waals surface area contributed by atoms with E-state index in [0.717, 1.165) is 11.1 Å². The number of nitrogens with one attached hydrogen (secondary N) is 1. The topological polar surface area (TPSA) is 81.7 Å². The summed E-state index contributed by atoms with van der Waals surface area (Å²) in [6, 6.07) is 6.47. The number of carbonyl (C=O) groups is 1. The van der Waals surface area contributed by atoms with E-state index in [2.05, 4.69) is 5.32 Å². The Bertz CT molecular complexity index is 799. The summed E-state index contributed by atoms with van der Waals surface area (Å²) < 4.78 is 34.6. The van der Waals surface area contributed by atoms with Crippen LogP contribution in [-0.4, -0.2) is 26.7 Å². The van der Waals surface area contributed by atoms with Crippen molar-refractivity contribution < 1.29 is 22.1 Å². The van der Waals surface area contributed by atoms with E-state index in [9.17, 15) is 13.2 Å². The molecular weight excluding hydrogens is 342 g/mol. The fourth-order valence-corrected chi connectivity index (χ4v) is 3.04. The van der Waals surface area contributed by atoms with Gasteiger partial charge in [0.25, 0.3) is 10.1 Å². The lowest BCUT2D eigenvalue weighted by Gasteiger charge is -2.20. The molecule has 1 N–H and O–H groups in total. The van der Waals surface area contributed by atoms with Crippen molar-refractivity contribution in [1.82, 2.24) is 5.32 Å². The Balaban J connectivity index is 1.84. The lowest BCUT2D eigenvalue weighted by Crippen LogP contribution is -2.31. The van der Waals surface area contributed by atoms with Gasteiger partial charge in [-0.1, -0.05) is 23.8 Å². The van der Waals surface area contributed by atoms with Crippen molar-refractivity contribution in [3.05, 3.63) is 53.3 Å². The van der Waals surface area contributed by atoms with Crippen LogP contribution < -0.4 is 5.32 Å². The van der Waals surface area contributed by atoms with E-state index < -0.39 is 21.8 Å². The first-order chi connectivity index (χ1) is 11.5. The quantitative estimate of drug-likeness (QED) is 0.809. The maximum atomic E-state index is 12.2. The first kappa shape index (κ1) is 19.2. The third kappa shape index (κ3) is 6.03. The average molecular weight is 365 g/mol. The van der Waals surface area contributed by atoms with Gasteiger partial charge in [-0.05, 0) is 51.5 Å². The van der Waals surface area contributed by atoms with Gasteiger partial charge in [0.15, 0.2) is 0 Å².